The summed E-state index contributed by atoms with van der Waals surface area (Å²) in [4.78, 5) is 24.3. The molecule has 0 spiro atoms. The number of amides is 2. The molecular weight excluding hydrogens is 394 g/mol. The molecule has 0 radical (unpaired) electrons. The van der Waals surface area contributed by atoms with Gasteiger partial charge in [-0.1, -0.05) is 24.3 Å². The number of aryl methyl sites for hydroxylation is 1. The smallest absolute Gasteiger partial charge is 0.264 e. The Balaban J connectivity index is 1.88. The molecule has 0 fully saturated rings. The van der Waals surface area contributed by atoms with Gasteiger partial charge in [0.25, 0.3) is 12.3 Å². The number of primary amides is 1. The zero-order chi connectivity index (χ0) is 22.1. The zero-order valence-corrected chi connectivity index (χ0v) is 16.8. The Morgan fingerprint density at radius 3 is 2.63 bits per heavy atom. The molecule has 0 aliphatic heterocycles. The molecule has 0 atom stereocenters. The lowest BCUT2D eigenvalue weighted by molar-refractivity contribution is -0.122. The molecule has 9 heteroatoms. The number of hydrogen-bond acceptors (Lipinski definition) is 4. The van der Waals surface area contributed by atoms with Crippen molar-refractivity contribution in [2.24, 2.45) is 5.73 Å². The van der Waals surface area contributed by atoms with Crippen LogP contribution in [-0.2, 0) is 11.4 Å². The van der Waals surface area contributed by atoms with E-state index in [1.165, 1.54) is 24.4 Å². The minimum Gasteiger partial charge on any atom is -0.489 e. The molecule has 158 valence electrons. The van der Waals surface area contributed by atoms with Gasteiger partial charge >= 0.3 is 0 Å². The van der Waals surface area contributed by atoms with Gasteiger partial charge in [-0.15, -0.1) is 0 Å². The highest BCUT2D eigenvalue weighted by atomic mass is 19.3. The highest BCUT2D eigenvalue weighted by Crippen LogP contribution is 2.25. The molecule has 1 aromatic carbocycles. The number of nitrogens with zero attached hydrogens (tertiary/aromatic N) is 2. The van der Waals surface area contributed by atoms with E-state index in [0.717, 1.165) is 0 Å². The van der Waals surface area contributed by atoms with E-state index >= 15 is 0 Å². The standard InChI is InChI=1S/C21H22F2N4O3/c1-12-17(19(28)25-21(2,3)20(24)29)16-10-14(8-9-27(16)26-12)30-11-13-6-4-5-7-15(13)18(22)23/h4-10,18H,11H2,1-3H3,(H2,24,29)(H,25,28). The van der Waals surface area contributed by atoms with Crippen molar-refractivity contribution in [3.63, 3.8) is 0 Å². The van der Waals surface area contributed by atoms with Crippen molar-refractivity contribution >= 4 is 17.3 Å². The molecule has 2 aromatic heterocycles. The molecule has 3 aromatic rings. The number of halogens is 2. The summed E-state index contributed by atoms with van der Waals surface area (Å²) < 4.78 is 33.5. The lowest BCUT2D eigenvalue weighted by Crippen LogP contribution is -2.53. The summed E-state index contributed by atoms with van der Waals surface area (Å²) in [6.07, 6.45) is -0.999. The first-order valence-corrected chi connectivity index (χ1v) is 9.20. The lowest BCUT2D eigenvalue weighted by atomic mass is 10.0. The fourth-order valence-electron chi connectivity index (χ4n) is 2.96. The number of aromatic nitrogens is 2. The number of pyridine rings is 1. The molecule has 0 bridgehead atoms. The van der Waals surface area contributed by atoms with Crippen molar-refractivity contribution in [2.75, 3.05) is 0 Å². The van der Waals surface area contributed by atoms with Crippen LogP contribution in [0.3, 0.4) is 0 Å². The van der Waals surface area contributed by atoms with Crippen LogP contribution in [0.15, 0.2) is 42.6 Å². The summed E-state index contributed by atoms with van der Waals surface area (Å²) in [6.45, 7) is 4.62. The van der Waals surface area contributed by atoms with Crippen LogP contribution in [0, 0.1) is 6.92 Å². The summed E-state index contributed by atoms with van der Waals surface area (Å²) in [5, 5.41) is 6.89. The lowest BCUT2D eigenvalue weighted by Gasteiger charge is -2.22. The van der Waals surface area contributed by atoms with Gasteiger partial charge in [-0.25, -0.2) is 13.3 Å². The van der Waals surface area contributed by atoms with Gasteiger partial charge in [-0.3, -0.25) is 9.59 Å². The van der Waals surface area contributed by atoms with Crippen LogP contribution in [0.1, 0.15) is 47.5 Å². The normalized spacial score (nSPS) is 11.7. The molecule has 3 N–H and O–H groups in total. The number of hydrogen-bond donors (Lipinski definition) is 2. The van der Waals surface area contributed by atoms with Gasteiger partial charge in [0.15, 0.2) is 0 Å². The largest absolute Gasteiger partial charge is 0.489 e. The Morgan fingerprint density at radius 1 is 1.27 bits per heavy atom. The molecular formula is C21H22F2N4O3. The highest BCUT2D eigenvalue weighted by Gasteiger charge is 2.29. The van der Waals surface area contributed by atoms with Crippen molar-refractivity contribution < 1.29 is 23.1 Å². The number of nitrogens with one attached hydrogen (secondary N) is 1. The summed E-state index contributed by atoms with van der Waals surface area (Å²) in [6, 6.07) is 9.36. The molecule has 0 saturated heterocycles. The number of ether oxygens (including phenoxy) is 1. The molecule has 0 aliphatic rings. The Morgan fingerprint density at radius 2 is 1.97 bits per heavy atom. The number of benzene rings is 1. The van der Waals surface area contributed by atoms with E-state index in [-0.39, 0.29) is 17.7 Å². The Kier molecular flexibility index (Phi) is 5.73. The molecule has 30 heavy (non-hydrogen) atoms. The van der Waals surface area contributed by atoms with E-state index in [2.05, 4.69) is 10.4 Å². The predicted molar refractivity (Wildman–Crippen MR) is 106 cm³/mol. The monoisotopic (exact) mass is 416 g/mol. The van der Waals surface area contributed by atoms with E-state index in [1.807, 2.05) is 0 Å². The molecule has 2 heterocycles. The van der Waals surface area contributed by atoms with Gasteiger partial charge in [0.2, 0.25) is 5.91 Å². The maximum Gasteiger partial charge on any atom is 0.264 e. The first kappa shape index (κ1) is 21.2. The molecule has 0 saturated carbocycles. The van der Waals surface area contributed by atoms with Gasteiger partial charge < -0.3 is 15.8 Å². The molecule has 2 amide bonds. The van der Waals surface area contributed by atoms with Crippen molar-refractivity contribution in [3.8, 4) is 5.75 Å². The van der Waals surface area contributed by atoms with Crippen molar-refractivity contribution in [3.05, 3.63) is 65.0 Å². The van der Waals surface area contributed by atoms with Gasteiger partial charge in [0, 0.05) is 17.8 Å². The van der Waals surface area contributed by atoms with Crippen LogP contribution in [0.25, 0.3) is 5.52 Å². The van der Waals surface area contributed by atoms with Crippen LogP contribution >= 0.6 is 0 Å². The van der Waals surface area contributed by atoms with Gasteiger partial charge in [-0.05, 0) is 32.4 Å². The Labute approximate surface area is 171 Å². The quantitative estimate of drug-likeness (QED) is 0.618. The number of fused-ring (bicyclic) bond motifs is 1. The van der Waals surface area contributed by atoms with E-state index in [9.17, 15) is 18.4 Å². The molecule has 7 nitrogen and oxygen atoms in total. The zero-order valence-electron chi connectivity index (χ0n) is 16.8. The third-order valence-corrected chi connectivity index (χ3v) is 4.74. The number of carbonyl (C=O) groups is 2. The third-order valence-electron chi connectivity index (χ3n) is 4.74. The summed E-state index contributed by atoms with van der Waals surface area (Å²) in [5.41, 5.74) is 5.53. The van der Waals surface area contributed by atoms with Crippen LogP contribution in [0.4, 0.5) is 8.78 Å². The van der Waals surface area contributed by atoms with Gasteiger partial charge in [0.1, 0.15) is 17.9 Å². The van der Waals surface area contributed by atoms with Crippen LogP contribution < -0.4 is 15.8 Å². The Bertz CT molecular complexity index is 1110. The number of nitrogens with two attached hydrogens (primary N) is 1. The second-order valence-corrected chi connectivity index (χ2v) is 7.38. The van der Waals surface area contributed by atoms with Gasteiger partial charge in [-0.2, -0.15) is 5.10 Å². The maximum atomic E-state index is 13.2. The minimum atomic E-state index is -2.60. The van der Waals surface area contributed by atoms with Crippen LogP contribution in [-0.4, -0.2) is 27.0 Å². The SMILES string of the molecule is Cc1nn2ccc(OCc3ccccc3C(F)F)cc2c1C(=O)NC(C)(C)C(N)=O. The fourth-order valence-corrected chi connectivity index (χ4v) is 2.96. The van der Waals surface area contributed by atoms with E-state index in [1.54, 1.807) is 43.5 Å². The molecule has 0 aliphatic carbocycles. The predicted octanol–water partition coefficient (Wildman–Crippen LogP) is 3.15. The summed E-state index contributed by atoms with van der Waals surface area (Å²) in [5.74, 6) is -0.798. The fraction of sp³-hybridized carbons (Fsp3) is 0.286. The average Bonchev–Trinajstić information content (AvgIpc) is 3.01. The van der Waals surface area contributed by atoms with Crippen LogP contribution in [0.2, 0.25) is 0 Å². The number of alkyl halides is 2. The molecule has 0 unspecified atom stereocenters. The van der Waals surface area contributed by atoms with E-state index < -0.39 is 23.8 Å². The minimum absolute atomic E-state index is 0.0555. The number of carbonyl (C=O) groups excluding carboxylic acids is 2. The third kappa shape index (κ3) is 4.24. The second kappa shape index (κ2) is 8.10. The molecule has 3 rings (SSSR count). The first-order valence-electron chi connectivity index (χ1n) is 9.20. The second-order valence-electron chi connectivity index (χ2n) is 7.38. The van der Waals surface area contributed by atoms with Crippen molar-refractivity contribution in [1.29, 1.82) is 0 Å². The maximum absolute atomic E-state index is 13.2. The van der Waals surface area contributed by atoms with Crippen molar-refractivity contribution in [2.45, 2.75) is 39.3 Å². The highest BCUT2D eigenvalue weighted by molar-refractivity contribution is 6.04. The van der Waals surface area contributed by atoms with Crippen LogP contribution in [0.5, 0.6) is 5.75 Å². The van der Waals surface area contributed by atoms with E-state index in [4.69, 9.17) is 10.5 Å². The summed E-state index contributed by atoms with van der Waals surface area (Å²) in [7, 11) is 0. The van der Waals surface area contributed by atoms with Gasteiger partial charge in [0.05, 0.1) is 16.8 Å². The number of rotatable bonds is 7. The Hall–Kier alpha value is -3.49. The van der Waals surface area contributed by atoms with Crippen molar-refractivity contribution in [1.82, 2.24) is 14.9 Å². The summed E-state index contributed by atoms with van der Waals surface area (Å²) >= 11 is 0. The average molecular weight is 416 g/mol. The van der Waals surface area contributed by atoms with E-state index in [0.29, 0.717) is 22.5 Å². The first-order chi connectivity index (χ1) is 14.1. The topological polar surface area (TPSA) is 98.7 Å².